The van der Waals surface area contributed by atoms with Crippen LogP contribution in [-0.4, -0.2) is 11.1 Å². The van der Waals surface area contributed by atoms with Crippen LogP contribution in [0.15, 0.2) is 23.8 Å². The van der Waals surface area contributed by atoms with E-state index >= 15 is 0 Å². The molecule has 0 aromatic carbocycles. The summed E-state index contributed by atoms with van der Waals surface area (Å²) in [4.78, 5) is 11.3. The molecule has 0 spiro atoms. The average molecular weight is 197 g/mol. The van der Waals surface area contributed by atoms with Gasteiger partial charge in [-0.1, -0.05) is 30.7 Å². The van der Waals surface area contributed by atoms with Crippen LogP contribution in [0.2, 0.25) is 0 Å². The van der Waals surface area contributed by atoms with Crippen molar-refractivity contribution in [3.63, 3.8) is 0 Å². The molecule has 80 valence electrons. The number of carbonyl (C=O) groups is 1. The molecule has 1 atom stereocenters. The molecular weight excluding hydrogens is 178 g/mol. The molecule has 0 aromatic rings. The summed E-state index contributed by atoms with van der Waals surface area (Å²) in [5, 5.41) is 8.58. The quantitative estimate of drug-likeness (QED) is 0.404. The van der Waals surface area contributed by atoms with Crippen molar-refractivity contribution in [3.8, 4) is 0 Å². The second-order valence-corrected chi connectivity index (χ2v) is 3.37. The van der Waals surface area contributed by atoms with Gasteiger partial charge in [0, 0.05) is 0 Å². The lowest BCUT2D eigenvalue weighted by Crippen LogP contribution is -2.28. The minimum atomic E-state index is -0.366. The lowest BCUT2D eigenvalue weighted by atomic mass is 9.91. The van der Waals surface area contributed by atoms with Crippen molar-refractivity contribution in [1.82, 2.24) is 5.48 Å². The second-order valence-electron chi connectivity index (χ2n) is 3.37. The zero-order valence-electron chi connectivity index (χ0n) is 9.13. The first-order valence-corrected chi connectivity index (χ1v) is 4.80. The van der Waals surface area contributed by atoms with E-state index in [4.69, 9.17) is 5.21 Å². The first-order valence-electron chi connectivity index (χ1n) is 4.80. The van der Waals surface area contributed by atoms with Gasteiger partial charge in [-0.3, -0.25) is 10.0 Å². The fourth-order valence-electron chi connectivity index (χ4n) is 1.17. The van der Waals surface area contributed by atoms with E-state index in [1.165, 1.54) is 0 Å². The molecule has 1 amide bonds. The molecule has 0 fully saturated rings. The van der Waals surface area contributed by atoms with E-state index in [1.807, 2.05) is 26.8 Å². The summed E-state index contributed by atoms with van der Waals surface area (Å²) in [6, 6.07) is 0. The molecular formula is C11H19NO2. The normalized spacial score (nSPS) is 13.6. The number of amides is 1. The zero-order chi connectivity index (χ0) is 11.1. The fraction of sp³-hybridized carbons (Fsp3) is 0.545. The van der Waals surface area contributed by atoms with Crippen molar-refractivity contribution in [2.45, 2.75) is 33.6 Å². The van der Waals surface area contributed by atoms with Crippen molar-refractivity contribution in [3.05, 3.63) is 23.8 Å². The van der Waals surface area contributed by atoms with Gasteiger partial charge in [-0.2, -0.15) is 0 Å². The van der Waals surface area contributed by atoms with Crippen molar-refractivity contribution in [2.75, 3.05) is 0 Å². The second kappa shape index (κ2) is 6.38. The maximum absolute atomic E-state index is 11.3. The van der Waals surface area contributed by atoms with E-state index in [0.717, 1.165) is 17.6 Å². The predicted molar refractivity (Wildman–Crippen MR) is 56.9 cm³/mol. The molecule has 0 rings (SSSR count). The number of allylic oxidation sites excluding steroid dienone is 2. The topological polar surface area (TPSA) is 49.3 Å². The van der Waals surface area contributed by atoms with Gasteiger partial charge in [-0.15, -0.1) is 0 Å². The third-order valence-electron chi connectivity index (χ3n) is 2.42. The van der Waals surface area contributed by atoms with Crippen LogP contribution in [0, 0.1) is 5.92 Å². The number of rotatable bonds is 5. The summed E-state index contributed by atoms with van der Waals surface area (Å²) in [5.74, 6) is -0.660. The van der Waals surface area contributed by atoms with E-state index in [2.05, 4.69) is 6.58 Å². The molecule has 0 aromatic heterocycles. The number of carbonyl (C=O) groups excluding carboxylic acids is 1. The van der Waals surface area contributed by atoms with Gasteiger partial charge in [-0.05, 0) is 26.7 Å². The van der Waals surface area contributed by atoms with Gasteiger partial charge in [0.1, 0.15) is 0 Å². The van der Waals surface area contributed by atoms with Crippen molar-refractivity contribution >= 4 is 5.91 Å². The van der Waals surface area contributed by atoms with Gasteiger partial charge in [0.2, 0.25) is 0 Å². The Morgan fingerprint density at radius 3 is 2.57 bits per heavy atom. The molecule has 0 aliphatic rings. The Hall–Kier alpha value is -1.09. The van der Waals surface area contributed by atoms with Crippen molar-refractivity contribution in [2.24, 2.45) is 5.92 Å². The minimum absolute atomic E-state index is 0.294. The highest BCUT2D eigenvalue weighted by Gasteiger charge is 2.19. The molecule has 3 nitrogen and oxygen atoms in total. The maximum atomic E-state index is 11.3. The van der Waals surface area contributed by atoms with E-state index in [-0.39, 0.29) is 11.8 Å². The largest absolute Gasteiger partial charge is 0.289 e. The van der Waals surface area contributed by atoms with E-state index in [0.29, 0.717) is 6.42 Å². The van der Waals surface area contributed by atoms with Crippen LogP contribution in [0.5, 0.6) is 0 Å². The molecule has 0 saturated carbocycles. The first-order chi connectivity index (χ1) is 6.56. The molecule has 14 heavy (non-hydrogen) atoms. The molecule has 0 heterocycles. The SMILES string of the molecule is C=C(CC)CC(C(=O)NO)/C(C)=C/C. The molecule has 0 bridgehead atoms. The summed E-state index contributed by atoms with van der Waals surface area (Å²) >= 11 is 0. The van der Waals surface area contributed by atoms with Gasteiger partial charge in [-0.25, -0.2) is 5.48 Å². The summed E-state index contributed by atoms with van der Waals surface area (Å²) in [6.45, 7) is 9.61. The average Bonchev–Trinajstić information content (AvgIpc) is 2.23. The van der Waals surface area contributed by atoms with Gasteiger partial charge in [0.25, 0.3) is 5.91 Å². The third-order valence-corrected chi connectivity index (χ3v) is 2.42. The third kappa shape index (κ3) is 3.75. The van der Waals surface area contributed by atoms with Gasteiger partial charge >= 0.3 is 0 Å². The summed E-state index contributed by atoms with van der Waals surface area (Å²) in [7, 11) is 0. The van der Waals surface area contributed by atoms with Crippen LogP contribution >= 0.6 is 0 Å². The van der Waals surface area contributed by atoms with Crippen molar-refractivity contribution < 1.29 is 10.0 Å². The number of nitrogens with one attached hydrogen (secondary N) is 1. The standard InChI is InChI=1S/C11H19NO2/c1-5-8(3)7-10(9(4)6-2)11(13)12-14/h6,10,14H,3,5,7H2,1-2,4H3,(H,12,13)/b9-6+. The Kier molecular flexibility index (Phi) is 5.88. The van der Waals surface area contributed by atoms with Crippen LogP contribution < -0.4 is 5.48 Å². The number of hydroxylamine groups is 1. The Morgan fingerprint density at radius 1 is 1.64 bits per heavy atom. The molecule has 1 unspecified atom stereocenters. The fourth-order valence-corrected chi connectivity index (χ4v) is 1.17. The van der Waals surface area contributed by atoms with Crippen molar-refractivity contribution in [1.29, 1.82) is 0 Å². The molecule has 0 radical (unpaired) electrons. The lowest BCUT2D eigenvalue weighted by molar-refractivity contribution is -0.132. The number of hydrogen-bond acceptors (Lipinski definition) is 2. The Morgan fingerprint density at radius 2 is 2.21 bits per heavy atom. The van der Waals surface area contributed by atoms with Crippen LogP contribution in [0.3, 0.4) is 0 Å². The molecule has 3 heteroatoms. The summed E-state index contributed by atoms with van der Waals surface area (Å²) < 4.78 is 0. The molecule has 2 N–H and O–H groups in total. The smallest absolute Gasteiger partial charge is 0.250 e. The van der Waals surface area contributed by atoms with Crippen LogP contribution in [0.25, 0.3) is 0 Å². The Bertz CT molecular complexity index is 244. The lowest BCUT2D eigenvalue weighted by Gasteiger charge is -2.16. The Balaban J connectivity index is 4.57. The maximum Gasteiger partial charge on any atom is 0.250 e. The zero-order valence-corrected chi connectivity index (χ0v) is 9.13. The first kappa shape index (κ1) is 12.9. The summed E-state index contributed by atoms with van der Waals surface area (Å²) in [5.41, 5.74) is 3.65. The molecule has 0 aliphatic heterocycles. The van der Waals surface area contributed by atoms with Crippen LogP contribution in [0.4, 0.5) is 0 Å². The highest BCUT2D eigenvalue weighted by molar-refractivity contribution is 5.80. The highest BCUT2D eigenvalue weighted by Crippen LogP contribution is 2.20. The van der Waals surface area contributed by atoms with E-state index < -0.39 is 0 Å². The monoisotopic (exact) mass is 197 g/mol. The Labute approximate surface area is 85.5 Å². The highest BCUT2D eigenvalue weighted by atomic mass is 16.5. The predicted octanol–water partition coefficient (Wildman–Crippen LogP) is 2.43. The van der Waals surface area contributed by atoms with E-state index in [1.54, 1.807) is 5.48 Å². The number of hydrogen-bond donors (Lipinski definition) is 2. The summed E-state index contributed by atoms with van der Waals surface area (Å²) in [6.07, 6.45) is 3.33. The van der Waals surface area contributed by atoms with E-state index in [9.17, 15) is 4.79 Å². The van der Waals surface area contributed by atoms with Crippen LogP contribution in [0.1, 0.15) is 33.6 Å². The van der Waals surface area contributed by atoms with Gasteiger partial charge in [0.05, 0.1) is 5.92 Å². The molecule has 0 aliphatic carbocycles. The van der Waals surface area contributed by atoms with Gasteiger partial charge < -0.3 is 0 Å². The molecule has 0 saturated heterocycles. The van der Waals surface area contributed by atoms with Gasteiger partial charge in [0.15, 0.2) is 0 Å². The minimum Gasteiger partial charge on any atom is -0.289 e. The van der Waals surface area contributed by atoms with Crippen LogP contribution in [-0.2, 0) is 4.79 Å².